The molecule has 1 aromatic heterocycles. The lowest BCUT2D eigenvalue weighted by Gasteiger charge is -2.11. The molecular weight excluding hydrogens is 303 g/mol. The minimum Gasteiger partial charge on any atom is -0.354 e. The highest BCUT2D eigenvalue weighted by atomic mass is 19.1. The molecule has 0 unspecified atom stereocenters. The monoisotopic (exact) mass is 322 g/mol. The maximum atomic E-state index is 13.1. The summed E-state index contributed by atoms with van der Waals surface area (Å²) in [6.07, 6.45) is 0.986. The number of aromatic nitrogens is 2. The smallest absolute Gasteiger partial charge is 0.225 e. The molecule has 122 valence electrons. The molecule has 0 aliphatic rings. The third-order valence-electron chi connectivity index (χ3n) is 3.45. The molecule has 0 aliphatic carbocycles. The van der Waals surface area contributed by atoms with E-state index < -0.39 is 0 Å². The van der Waals surface area contributed by atoms with Crippen LogP contribution in [0.15, 0.2) is 60.7 Å². The van der Waals surface area contributed by atoms with Gasteiger partial charge < -0.3 is 10.6 Å². The highest BCUT2D eigenvalue weighted by Crippen LogP contribution is 2.23. The molecule has 3 aromatic rings. The van der Waals surface area contributed by atoms with Crippen molar-refractivity contribution in [2.45, 2.75) is 13.3 Å². The predicted molar refractivity (Wildman–Crippen MR) is 95.9 cm³/mol. The Morgan fingerprint density at radius 3 is 2.42 bits per heavy atom. The van der Waals surface area contributed by atoms with Gasteiger partial charge in [0.1, 0.15) is 11.6 Å². The van der Waals surface area contributed by atoms with Crippen LogP contribution in [-0.4, -0.2) is 16.5 Å². The van der Waals surface area contributed by atoms with Crippen LogP contribution in [0.25, 0.3) is 11.3 Å². The molecule has 0 saturated carbocycles. The summed E-state index contributed by atoms with van der Waals surface area (Å²) in [5, 5.41) is 6.42. The molecular formula is C19H19FN4. The molecule has 0 radical (unpaired) electrons. The highest BCUT2D eigenvalue weighted by molar-refractivity contribution is 5.67. The number of hydrogen-bond acceptors (Lipinski definition) is 4. The summed E-state index contributed by atoms with van der Waals surface area (Å²) in [6.45, 7) is 2.89. The average molecular weight is 322 g/mol. The molecule has 3 rings (SSSR count). The third-order valence-corrected chi connectivity index (χ3v) is 3.45. The molecule has 0 atom stereocenters. The Morgan fingerprint density at radius 1 is 0.958 bits per heavy atom. The van der Waals surface area contributed by atoms with E-state index in [4.69, 9.17) is 0 Å². The molecule has 0 fully saturated rings. The van der Waals surface area contributed by atoms with E-state index in [-0.39, 0.29) is 5.82 Å². The van der Waals surface area contributed by atoms with E-state index in [0.717, 1.165) is 29.9 Å². The Kier molecular flexibility index (Phi) is 5.01. The normalized spacial score (nSPS) is 10.4. The van der Waals surface area contributed by atoms with E-state index in [2.05, 4.69) is 27.5 Å². The summed E-state index contributed by atoms with van der Waals surface area (Å²) >= 11 is 0. The molecule has 5 heteroatoms. The van der Waals surface area contributed by atoms with Crippen molar-refractivity contribution in [3.8, 4) is 11.3 Å². The zero-order chi connectivity index (χ0) is 16.8. The second-order valence-electron chi connectivity index (χ2n) is 5.39. The van der Waals surface area contributed by atoms with Gasteiger partial charge in [0.15, 0.2) is 0 Å². The maximum absolute atomic E-state index is 13.1. The minimum atomic E-state index is -0.265. The third kappa shape index (κ3) is 4.07. The minimum absolute atomic E-state index is 0.265. The Hall–Kier alpha value is -2.95. The summed E-state index contributed by atoms with van der Waals surface area (Å²) in [5.74, 6) is 0.968. The lowest BCUT2D eigenvalue weighted by Crippen LogP contribution is -2.06. The lowest BCUT2D eigenvalue weighted by atomic mass is 10.1. The van der Waals surface area contributed by atoms with Gasteiger partial charge in [-0.05, 0) is 30.7 Å². The topological polar surface area (TPSA) is 49.8 Å². The van der Waals surface area contributed by atoms with Gasteiger partial charge in [-0.2, -0.15) is 4.98 Å². The Labute approximate surface area is 140 Å². The summed E-state index contributed by atoms with van der Waals surface area (Å²) < 4.78 is 13.1. The molecule has 0 aliphatic heterocycles. The van der Waals surface area contributed by atoms with Crippen LogP contribution in [-0.2, 0) is 0 Å². The number of rotatable bonds is 6. The van der Waals surface area contributed by atoms with Crippen molar-refractivity contribution in [3.05, 3.63) is 66.5 Å². The van der Waals surface area contributed by atoms with Crippen LogP contribution in [0.4, 0.5) is 21.8 Å². The first kappa shape index (κ1) is 15.9. The van der Waals surface area contributed by atoms with Crippen LogP contribution in [0.2, 0.25) is 0 Å². The van der Waals surface area contributed by atoms with Crippen LogP contribution < -0.4 is 10.6 Å². The molecule has 2 aromatic carbocycles. The Balaban J connectivity index is 1.93. The van der Waals surface area contributed by atoms with Crippen molar-refractivity contribution < 1.29 is 4.39 Å². The zero-order valence-corrected chi connectivity index (χ0v) is 13.5. The molecule has 1 heterocycles. The maximum Gasteiger partial charge on any atom is 0.225 e. The van der Waals surface area contributed by atoms with E-state index >= 15 is 0 Å². The van der Waals surface area contributed by atoms with E-state index in [0.29, 0.717) is 11.8 Å². The summed E-state index contributed by atoms with van der Waals surface area (Å²) in [6, 6.07) is 18.0. The van der Waals surface area contributed by atoms with Gasteiger partial charge in [-0.25, -0.2) is 9.37 Å². The van der Waals surface area contributed by atoms with Gasteiger partial charge in [-0.15, -0.1) is 0 Å². The summed E-state index contributed by atoms with van der Waals surface area (Å²) in [4.78, 5) is 9.06. The van der Waals surface area contributed by atoms with Crippen LogP contribution in [0.1, 0.15) is 13.3 Å². The fourth-order valence-corrected chi connectivity index (χ4v) is 2.27. The van der Waals surface area contributed by atoms with E-state index in [9.17, 15) is 4.39 Å². The van der Waals surface area contributed by atoms with E-state index in [1.807, 2.05) is 36.4 Å². The van der Waals surface area contributed by atoms with Gasteiger partial charge >= 0.3 is 0 Å². The van der Waals surface area contributed by atoms with Crippen LogP contribution in [0.5, 0.6) is 0 Å². The van der Waals surface area contributed by atoms with Crippen LogP contribution in [0, 0.1) is 5.82 Å². The number of nitrogens with zero attached hydrogens (tertiary/aromatic N) is 2. The van der Waals surface area contributed by atoms with Gasteiger partial charge in [0.05, 0.1) is 5.69 Å². The number of anilines is 3. The van der Waals surface area contributed by atoms with Gasteiger partial charge in [0.25, 0.3) is 0 Å². The molecule has 0 spiro atoms. The van der Waals surface area contributed by atoms with Crippen molar-refractivity contribution in [1.29, 1.82) is 0 Å². The fourth-order valence-electron chi connectivity index (χ4n) is 2.27. The quantitative estimate of drug-likeness (QED) is 0.681. The largest absolute Gasteiger partial charge is 0.354 e. The first-order valence-corrected chi connectivity index (χ1v) is 7.95. The van der Waals surface area contributed by atoms with Crippen molar-refractivity contribution in [3.63, 3.8) is 0 Å². The van der Waals surface area contributed by atoms with Crippen LogP contribution in [0.3, 0.4) is 0 Å². The second-order valence-corrected chi connectivity index (χ2v) is 5.39. The van der Waals surface area contributed by atoms with Crippen molar-refractivity contribution >= 4 is 17.5 Å². The van der Waals surface area contributed by atoms with Gasteiger partial charge in [0, 0.05) is 23.9 Å². The number of hydrogen-bond donors (Lipinski definition) is 2. The summed E-state index contributed by atoms with van der Waals surface area (Å²) in [5.41, 5.74) is 2.62. The predicted octanol–water partition coefficient (Wildman–Crippen LogP) is 4.85. The summed E-state index contributed by atoms with van der Waals surface area (Å²) in [7, 11) is 0. The van der Waals surface area contributed by atoms with Crippen LogP contribution >= 0.6 is 0 Å². The van der Waals surface area contributed by atoms with Gasteiger partial charge in [-0.3, -0.25) is 0 Å². The average Bonchev–Trinajstić information content (AvgIpc) is 2.62. The highest BCUT2D eigenvalue weighted by Gasteiger charge is 2.07. The molecule has 0 amide bonds. The first-order valence-electron chi connectivity index (χ1n) is 7.95. The molecule has 24 heavy (non-hydrogen) atoms. The van der Waals surface area contributed by atoms with Gasteiger partial charge in [0.2, 0.25) is 5.95 Å². The lowest BCUT2D eigenvalue weighted by molar-refractivity contribution is 0.628. The molecule has 0 saturated heterocycles. The second kappa shape index (κ2) is 7.55. The molecule has 2 N–H and O–H groups in total. The zero-order valence-electron chi connectivity index (χ0n) is 13.5. The van der Waals surface area contributed by atoms with E-state index in [1.165, 1.54) is 12.1 Å². The molecule has 4 nitrogen and oxygen atoms in total. The number of halogens is 1. The van der Waals surface area contributed by atoms with Crippen molar-refractivity contribution in [2.75, 3.05) is 17.2 Å². The fraction of sp³-hybridized carbons (Fsp3) is 0.158. The molecule has 0 bridgehead atoms. The van der Waals surface area contributed by atoms with Crippen molar-refractivity contribution in [1.82, 2.24) is 9.97 Å². The number of benzene rings is 2. The van der Waals surface area contributed by atoms with E-state index in [1.54, 1.807) is 12.1 Å². The Morgan fingerprint density at radius 2 is 1.71 bits per heavy atom. The SMILES string of the molecule is CCCNc1nc(Nc2ccc(F)cc2)cc(-c2ccccc2)n1. The number of nitrogens with one attached hydrogen (secondary N) is 2. The standard InChI is InChI=1S/C19H19FN4/c1-2-12-21-19-23-17(14-6-4-3-5-7-14)13-18(24-19)22-16-10-8-15(20)9-11-16/h3-11,13H,2,12H2,1H3,(H2,21,22,23,24). The first-order chi connectivity index (χ1) is 11.7. The Bertz CT molecular complexity index is 788. The van der Waals surface area contributed by atoms with Gasteiger partial charge in [-0.1, -0.05) is 37.3 Å². The van der Waals surface area contributed by atoms with Crippen molar-refractivity contribution in [2.24, 2.45) is 0 Å².